The van der Waals surface area contributed by atoms with E-state index in [9.17, 15) is 0 Å². The van der Waals surface area contributed by atoms with Gasteiger partial charge in [-0.1, -0.05) is 12.0 Å². The maximum absolute atomic E-state index is 5.69. The maximum atomic E-state index is 5.69. The van der Waals surface area contributed by atoms with Gasteiger partial charge in [-0.25, -0.2) is 9.97 Å². The number of benzene rings is 1. The van der Waals surface area contributed by atoms with Gasteiger partial charge in [0.05, 0.1) is 10.9 Å². The summed E-state index contributed by atoms with van der Waals surface area (Å²) < 4.78 is 2.09. The van der Waals surface area contributed by atoms with E-state index in [0.29, 0.717) is 0 Å². The van der Waals surface area contributed by atoms with E-state index >= 15 is 0 Å². The molecule has 0 unspecified atom stereocenters. The van der Waals surface area contributed by atoms with Gasteiger partial charge in [0.2, 0.25) is 0 Å². The number of aromatic nitrogens is 3. The third-order valence-electron chi connectivity index (χ3n) is 4.28. The van der Waals surface area contributed by atoms with Crippen molar-refractivity contribution < 1.29 is 0 Å². The molecule has 1 aliphatic rings. The Morgan fingerprint density at radius 1 is 1.24 bits per heavy atom. The Balaban J connectivity index is 1.85. The highest BCUT2D eigenvalue weighted by atomic mass is 15.1. The molecule has 2 heterocycles. The molecule has 0 radical (unpaired) electrons. The molecule has 1 saturated carbocycles. The van der Waals surface area contributed by atoms with Crippen molar-refractivity contribution in [2.75, 3.05) is 0 Å². The van der Waals surface area contributed by atoms with Gasteiger partial charge < -0.3 is 4.57 Å². The number of terminal acetylenes is 1. The first-order valence-electron chi connectivity index (χ1n) is 7.11. The fourth-order valence-corrected chi connectivity index (χ4v) is 2.86. The smallest absolute Gasteiger partial charge is 0.140 e. The van der Waals surface area contributed by atoms with Crippen molar-refractivity contribution in [3.8, 4) is 18.2 Å². The van der Waals surface area contributed by atoms with Gasteiger partial charge in [-0.3, -0.25) is 0 Å². The summed E-state index contributed by atoms with van der Waals surface area (Å²) in [7, 11) is 0. The van der Waals surface area contributed by atoms with Crippen LogP contribution >= 0.6 is 0 Å². The molecule has 21 heavy (non-hydrogen) atoms. The van der Waals surface area contributed by atoms with Gasteiger partial charge in [-0.2, -0.15) is 0 Å². The van der Waals surface area contributed by atoms with Crippen LogP contribution < -0.4 is 0 Å². The molecule has 1 aliphatic carbocycles. The lowest BCUT2D eigenvalue weighted by Crippen LogP contribution is -2.02. The number of hydrogen-bond acceptors (Lipinski definition) is 2. The Morgan fingerprint density at radius 3 is 2.81 bits per heavy atom. The lowest BCUT2D eigenvalue weighted by atomic mass is 9.96. The van der Waals surface area contributed by atoms with Crippen molar-refractivity contribution in [2.45, 2.75) is 25.2 Å². The van der Waals surface area contributed by atoms with E-state index in [-0.39, 0.29) is 5.41 Å². The first kappa shape index (κ1) is 12.2. The average Bonchev–Trinajstić information content (AvgIpc) is 3.20. The zero-order valence-electron chi connectivity index (χ0n) is 11.9. The highest BCUT2D eigenvalue weighted by molar-refractivity contribution is 5.83. The summed E-state index contributed by atoms with van der Waals surface area (Å²) in [6.45, 7) is 1.90. The highest BCUT2D eigenvalue weighted by Crippen LogP contribution is 2.48. The van der Waals surface area contributed by atoms with Crippen LogP contribution in [-0.2, 0) is 5.41 Å². The third-order valence-corrected chi connectivity index (χ3v) is 4.28. The maximum Gasteiger partial charge on any atom is 0.140 e. The van der Waals surface area contributed by atoms with Crippen molar-refractivity contribution in [1.82, 2.24) is 14.5 Å². The monoisotopic (exact) mass is 273 g/mol. The molecule has 2 aromatic heterocycles. The van der Waals surface area contributed by atoms with Gasteiger partial charge in [0.1, 0.15) is 11.6 Å². The van der Waals surface area contributed by atoms with E-state index in [1.54, 1.807) is 6.20 Å². The molecule has 1 aromatic carbocycles. The van der Waals surface area contributed by atoms with E-state index in [2.05, 4.69) is 44.7 Å². The fourth-order valence-electron chi connectivity index (χ4n) is 2.86. The van der Waals surface area contributed by atoms with Gasteiger partial charge in [0, 0.05) is 17.8 Å². The van der Waals surface area contributed by atoms with E-state index < -0.39 is 0 Å². The molecule has 0 spiro atoms. The molecular formula is C18H15N3. The van der Waals surface area contributed by atoms with E-state index in [1.807, 2.05) is 19.2 Å². The average molecular weight is 273 g/mol. The summed E-state index contributed by atoms with van der Waals surface area (Å²) in [5, 5.41) is 1.20. The van der Waals surface area contributed by atoms with Gasteiger partial charge in [0.15, 0.2) is 0 Å². The van der Waals surface area contributed by atoms with Crippen molar-refractivity contribution in [1.29, 1.82) is 0 Å². The molecule has 0 saturated heterocycles. The molecular weight excluding hydrogens is 258 g/mol. The number of nitrogens with zero attached hydrogens (tertiary/aromatic N) is 3. The standard InChI is InChI=1S/C18H15N3/c1-3-18(8-9-18)15-4-5-16-14(12-15)7-11-21(16)17-6-10-19-13(2)20-17/h1,4-7,10-12H,8-9H2,2H3. The predicted molar refractivity (Wildman–Crippen MR) is 83.3 cm³/mol. The molecule has 4 rings (SSSR count). The van der Waals surface area contributed by atoms with Gasteiger partial charge in [-0.05, 0) is 49.6 Å². The molecule has 3 nitrogen and oxygen atoms in total. The van der Waals surface area contributed by atoms with Crippen molar-refractivity contribution >= 4 is 10.9 Å². The lowest BCUT2D eigenvalue weighted by molar-refractivity contribution is 0.932. The topological polar surface area (TPSA) is 30.7 Å². The Kier molecular flexibility index (Phi) is 2.43. The zero-order chi connectivity index (χ0) is 14.4. The number of fused-ring (bicyclic) bond motifs is 1. The minimum absolute atomic E-state index is 0.0121. The van der Waals surface area contributed by atoms with Crippen LogP contribution in [-0.4, -0.2) is 14.5 Å². The van der Waals surface area contributed by atoms with Gasteiger partial charge in [-0.15, -0.1) is 6.42 Å². The molecule has 0 atom stereocenters. The van der Waals surface area contributed by atoms with Gasteiger partial charge >= 0.3 is 0 Å². The SMILES string of the molecule is C#CC1(c2ccc3c(ccn3-c3ccnc(C)n3)c2)CC1. The molecule has 102 valence electrons. The molecule has 1 fully saturated rings. The summed E-state index contributed by atoms with van der Waals surface area (Å²) in [5.41, 5.74) is 2.39. The molecule has 3 aromatic rings. The van der Waals surface area contributed by atoms with Crippen LogP contribution in [0, 0.1) is 19.3 Å². The normalized spacial score (nSPS) is 15.8. The molecule has 0 N–H and O–H groups in total. The summed E-state index contributed by atoms with van der Waals surface area (Å²) in [4.78, 5) is 8.63. The van der Waals surface area contributed by atoms with Crippen LogP contribution in [0.5, 0.6) is 0 Å². The van der Waals surface area contributed by atoms with Crippen LogP contribution in [0.15, 0.2) is 42.7 Å². The quantitative estimate of drug-likeness (QED) is 0.670. The second-order valence-electron chi connectivity index (χ2n) is 5.65. The van der Waals surface area contributed by atoms with Crippen LogP contribution in [0.2, 0.25) is 0 Å². The Bertz CT molecular complexity index is 879. The van der Waals surface area contributed by atoms with Crippen molar-refractivity contribution in [2.24, 2.45) is 0 Å². The van der Waals surface area contributed by atoms with E-state index in [0.717, 1.165) is 30.0 Å². The summed E-state index contributed by atoms with van der Waals surface area (Å²) in [6.07, 6.45) is 11.7. The summed E-state index contributed by atoms with van der Waals surface area (Å²) in [5.74, 6) is 4.62. The van der Waals surface area contributed by atoms with Crippen molar-refractivity contribution in [3.05, 3.63) is 54.1 Å². The van der Waals surface area contributed by atoms with E-state index in [4.69, 9.17) is 6.42 Å². The second-order valence-corrected chi connectivity index (χ2v) is 5.65. The molecule has 3 heteroatoms. The summed E-state index contributed by atoms with van der Waals surface area (Å²) in [6, 6.07) is 10.5. The zero-order valence-corrected chi connectivity index (χ0v) is 11.9. The fraction of sp³-hybridized carbons (Fsp3) is 0.222. The largest absolute Gasteiger partial charge is 0.301 e. The van der Waals surface area contributed by atoms with Crippen LogP contribution in [0.3, 0.4) is 0 Å². The van der Waals surface area contributed by atoms with Crippen molar-refractivity contribution in [3.63, 3.8) is 0 Å². The molecule has 0 aliphatic heterocycles. The van der Waals surface area contributed by atoms with Crippen LogP contribution in [0.25, 0.3) is 16.7 Å². The second kappa shape index (κ2) is 4.20. The number of hydrogen-bond donors (Lipinski definition) is 0. The van der Waals surface area contributed by atoms with E-state index in [1.165, 1.54) is 10.9 Å². The highest BCUT2D eigenvalue weighted by Gasteiger charge is 2.42. The number of aryl methyl sites for hydroxylation is 1. The molecule has 0 bridgehead atoms. The summed E-state index contributed by atoms with van der Waals surface area (Å²) >= 11 is 0. The molecule has 0 amide bonds. The number of rotatable bonds is 2. The third kappa shape index (κ3) is 1.84. The minimum Gasteiger partial charge on any atom is -0.301 e. The van der Waals surface area contributed by atoms with Gasteiger partial charge in [0.25, 0.3) is 0 Å². The Hall–Kier alpha value is -2.60. The van der Waals surface area contributed by atoms with Crippen LogP contribution in [0.4, 0.5) is 0 Å². The first-order valence-corrected chi connectivity index (χ1v) is 7.11. The predicted octanol–water partition coefficient (Wildman–Crippen LogP) is 3.39. The minimum atomic E-state index is -0.0121. The Labute approximate surface area is 123 Å². The Morgan fingerprint density at radius 2 is 2.10 bits per heavy atom. The van der Waals surface area contributed by atoms with Crippen LogP contribution in [0.1, 0.15) is 24.2 Å². The first-order chi connectivity index (χ1) is 10.2. The lowest BCUT2D eigenvalue weighted by Gasteiger charge is -2.09.